The van der Waals surface area contributed by atoms with E-state index < -0.39 is 5.82 Å². The number of aromatic nitrogens is 1. The third kappa shape index (κ3) is 2.51. The van der Waals surface area contributed by atoms with E-state index >= 15 is 0 Å². The molecule has 102 valence electrons. The lowest BCUT2D eigenvalue weighted by Gasteiger charge is -2.11. The molecular formula is C16H9ClFN3. The molecule has 2 aromatic carbocycles. The molecule has 1 heterocycles. The maximum absolute atomic E-state index is 13.7. The minimum Gasteiger partial charge on any atom is -0.354 e. The van der Waals surface area contributed by atoms with Gasteiger partial charge in [-0.05, 0) is 24.3 Å². The predicted octanol–water partition coefficient (Wildman–Crippen LogP) is 4.64. The Morgan fingerprint density at radius 2 is 1.95 bits per heavy atom. The molecule has 5 heteroatoms. The van der Waals surface area contributed by atoms with E-state index in [1.54, 1.807) is 0 Å². The normalized spacial score (nSPS) is 10.3. The van der Waals surface area contributed by atoms with E-state index in [-0.39, 0.29) is 5.02 Å². The number of nitriles is 1. The summed E-state index contributed by atoms with van der Waals surface area (Å²) in [5, 5.41) is 12.9. The van der Waals surface area contributed by atoms with Crippen LogP contribution >= 0.6 is 11.6 Å². The Bertz CT molecular complexity index is 857. The number of rotatable bonds is 2. The summed E-state index contributed by atoms with van der Waals surface area (Å²) in [4.78, 5) is 4.14. The molecule has 0 bridgehead atoms. The lowest BCUT2D eigenvalue weighted by Crippen LogP contribution is -1.97. The van der Waals surface area contributed by atoms with Crippen molar-refractivity contribution < 1.29 is 4.39 Å². The number of hydrogen-bond donors (Lipinski definition) is 1. The van der Waals surface area contributed by atoms with E-state index in [1.807, 2.05) is 30.3 Å². The van der Waals surface area contributed by atoms with Crippen LogP contribution in [0.5, 0.6) is 0 Å². The molecular weight excluding hydrogens is 289 g/mol. The molecule has 0 radical (unpaired) electrons. The minimum absolute atomic E-state index is 0.00497. The molecule has 0 aliphatic heterocycles. The fraction of sp³-hybridized carbons (Fsp3) is 0. The number of para-hydroxylation sites is 1. The van der Waals surface area contributed by atoms with Crippen molar-refractivity contribution in [3.05, 3.63) is 65.1 Å². The van der Waals surface area contributed by atoms with Crippen LogP contribution < -0.4 is 5.32 Å². The quantitative estimate of drug-likeness (QED) is 0.749. The zero-order valence-electron chi connectivity index (χ0n) is 10.8. The van der Waals surface area contributed by atoms with Gasteiger partial charge in [0.15, 0.2) is 0 Å². The molecule has 0 unspecified atom stereocenters. The molecule has 0 aliphatic carbocycles. The summed E-state index contributed by atoms with van der Waals surface area (Å²) in [5.41, 5.74) is 2.19. The van der Waals surface area contributed by atoms with Crippen molar-refractivity contribution in [1.29, 1.82) is 5.26 Å². The van der Waals surface area contributed by atoms with Crippen molar-refractivity contribution in [2.24, 2.45) is 0 Å². The second-order valence-electron chi connectivity index (χ2n) is 4.43. The molecule has 0 aliphatic rings. The monoisotopic (exact) mass is 297 g/mol. The van der Waals surface area contributed by atoms with Crippen LogP contribution in [0.15, 0.2) is 48.7 Å². The lowest BCUT2D eigenvalue weighted by molar-refractivity contribution is 0.630. The van der Waals surface area contributed by atoms with E-state index in [0.717, 1.165) is 5.69 Å². The number of anilines is 2. The SMILES string of the molecule is N#Cc1cnc2cc(Cl)c(F)cc2c1Nc1ccccc1. The molecule has 0 saturated heterocycles. The third-order valence-electron chi connectivity index (χ3n) is 3.07. The van der Waals surface area contributed by atoms with Crippen LogP contribution in [-0.2, 0) is 0 Å². The summed E-state index contributed by atoms with van der Waals surface area (Å²) >= 11 is 5.77. The molecule has 0 saturated carbocycles. The van der Waals surface area contributed by atoms with Gasteiger partial charge in [0, 0.05) is 17.3 Å². The average Bonchev–Trinajstić information content (AvgIpc) is 2.50. The first-order valence-corrected chi connectivity index (χ1v) is 6.57. The van der Waals surface area contributed by atoms with Crippen molar-refractivity contribution in [2.45, 2.75) is 0 Å². The zero-order valence-corrected chi connectivity index (χ0v) is 11.5. The van der Waals surface area contributed by atoms with Gasteiger partial charge in [0.1, 0.15) is 11.9 Å². The van der Waals surface area contributed by atoms with Crippen LogP contribution in [0.25, 0.3) is 10.9 Å². The van der Waals surface area contributed by atoms with Gasteiger partial charge in [-0.1, -0.05) is 29.8 Å². The number of hydrogen-bond acceptors (Lipinski definition) is 3. The van der Waals surface area contributed by atoms with Crippen LogP contribution in [0, 0.1) is 17.1 Å². The van der Waals surface area contributed by atoms with E-state index in [0.29, 0.717) is 22.2 Å². The van der Waals surface area contributed by atoms with Crippen molar-refractivity contribution in [3.63, 3.8) is 0 Å². The van der Waals surface area contributed by atoms with Gasteiger partial charge in [0.05, 0.1) is 21.8 Å². The first kappa shape index (κ1) is 13.3. The van der Waals surface area contributed by atoms with Gasteiger partial charge in [-0.15, -0.1) is 0 Å². The van der Waals surface area contributed by atoms with Crippen LogP contribution in [-0.4, -0.2) is 4.98 Å². The summed E-state index contributed by atoms with van der Waals surface area (Å²) < 4.78 is 13.7. The Labute approximate surface area is 125 Å². The number of nitrogens with one attached hydrogen (secondary N) is 1. The van der Waals surface area contributed by atoms with Crippen molar-refractivity contribution in [3.8, 4) is 6.07 Å². The van der Waals surface area contributed by atoms with Gasteiger partial charge >= 0.3 is 0 Å². The lowest BCUT2D eigenvalue weighted by atomic mass is 10.1. The van der Waals surface area contributed by atoms with Crippen molar-refractivity contribution in [2.75, 3.05) is 5.32 Å². The average molecular weight is 298 g/mol. The van der Waals surface area contributed by atoms with Gasteiger partial charge in [-0.25, -0.2) is 4.39 Å². The highest BCUT2D eigenvalue weighted by molar-refractivity contribution is 6.31. The number of halogens is 2. The predicted molar refractivity (Wildman–Crippen MR) is 81.2 cm³/mol. The van der Waals surface area contributed by atoms with Gasteiger partial charge in [0.2, 0.25) is 0 Å². The maximum Gasteiger partial charge on any atom is 0.142 e. The summed E-state index contributed by atoms with van der Waals surface area (Å²) in [6.45, 7) is 0. The first-order chi connectivity index (χ1) is 10.2. The van der Waals surface area contributed by atoms with Gasteiger partial charge < -0.3 is 5.32 Å². The molecule has 0 amide bonds. The molecule has 0 atom stereocenters. The maximum atomic E-state index is 13.7. The second-order valence-corrected chi connectivity index (χ2v) is 4.84. The van der Waals surface area contributed by atoms with Crippen LogP contribution in [0.1, 0.15) is 5.56 Å². The van der Waals surface area contributed by atoms with Crippen molar-refractivity contribution >= 4 is 33.9 Å². The summed E-state index contributed by atoms with van der Waals surface area (Å²) in [7, 11) is 0. The Balaban J connectivity index is 2.23. The molecule has 3 aromatic rings. The summed E-state index contributed by atoms with van der Waals surface area (Å²) in [6, 6.07) is 14.1. The van der Waals surface area contributed by atoms with Crippen molar-refractivity contribution in [1.82, 2.24) is 4.98 Å². The van der Waals surface area contributed by atoms with Gasteiger partial charge in [0.25, 0.3) is 0 Å². The number of pyridine rings is 1. The standard InChI is InChI=1S/C16H9ClFN3/c17-13-7-15-12(6-14(13)18)16(10(8-19)9-20-15)21-11-4-2-1-3-5-11/h1-7,9H,(H,20,21). The fourth-order valence-corrected chi connectivity index (χ4v) is 2.23. The minimum atomic E-state index is -0.544. The largest absolute Gasteiger partial charge is 0.354 e. The Morgan fingerprint density at radius 1 is 1.19 bits per heavy atom. The highest BCUT2D eigenvalue weighted by Gasteiger charge is 2.12. The summed E-state index contributed by atoms with van der Waals surface area (Å²) in [6.07, 6.45) is 1.45. The smallest absolute Gasteiger partial charge is 0.142 e. The van der Waals surface area contributed by atoms with Gasteiger partial charge in [-0.3, -0.25) is 4.98 Å². The molecule has 3 rings (SSSR count). The zero-order chi connectivity index (χ0) is 14.8. The number of benzene rings is 2. The van der Waals surface area contributed by atoms with E-state index in [4.69, 9.17) is 11.6 Å². The van der Waals surface area contributed by atoms with Gasteiger partial charge in [-0.2, -0.15) is 5.26 Å². The topological polar surface area (TPSA) is 48.7 Å². The number of fused-ring (bicyclic) bond motifs is 1. The number of nitrogens with zero attached hydrogens (tertiary/aromatic N) is 2. The third-order valence-corrected chi connectivity index (χ3v) is 3.36. The van der Waals surface area contributed by atoms with Crippen LogP contribution in [0.3, 0.4) is 0 Å². The Hall–Kier alpha value is -2.64. The Kier molecular flexibility index (Phi) is 3.43. The molecule has 0 spiro atoms. The molecule has 1 N–H and O–H groups in total. The molecule has 0 fully saturated rings. The van der Waals surface area contributed by atoms with Crippen LogP contribution in [0.2, 0.25) is 5.02 Å². The van der Waals surface area contributed by atoms with Crippen LogP contribution in [0.4, 0.5) is 15.8 Å². The first-order valence-electron chi connectivity index (χ1n) is 6.19. The highest BCUT2D eigenvalue weighted by atomic mass is 35.5. The Morgan fingerprint density at radius 3 is 2.67 bits per heavy atom. The molecule has 3 nitrogen and oxygen atoms in total. The second kappa shape index (κ2) is 5.39. The fourth-order valence-electron chi connectivity index (χ4n) is 2.07. The van der Waals surface area contributed by atoms with E-state index in [2.05, 4.69) is 16.4 Å². The molecule has 21 heavy (non-hydrogen) atoms. The summed E-state index contributed by atoms with van der Waals surface area (Å²) in [5.74, 6) is -0.544. The van der Waals surface area contributed by atoms with E-state index in [9.17, 15) is 9.65 Å². The molecule has 1 aromatic heterocycles. The van der Waals surface area contributed by atoms with E-state index in [1.165, 1.54) is 18.3 Å². The highest BCUT2D eigenvalue weighted by Crippen LogP contribution is 2.31.